The predicted molar refractivity (Wildman–Crippen MR) is 115 cm³/mol. The lowest BCUT2D eigenvalue weighted by Gasteiger charge is -2.24. The number of sulfone groups is 1. The van der Waals surface area contributed by atoms with Crippen molar-refractivity contribution in [1.29, 1.82) is 0 Å². The highest BCUT2D eigenvalue weighted by Crippen LogP contribution is 2.30. The summed E-state index contributed by atoms with van der Waals surface area (Å²) in [6.45, 7) is 9.21. The highest BCUT2D eigenvalue weighted by Gasteiger charge is 2.21. The third kappa shape index (κ3) is 6.34. The zero-order chi connectivity index (χ0) is 22.4. The molecule has 0 aromatic carbocycles. The Morgan fingerprint density at radius 3 is 2.52 bits per heavy atom. The molecule has 0 radical (unpaired) electrons. The topological polar surface area (TPSA) is 113 Å². The number of pyridine rings is 1. The number of nitrogens with one attached hydrogen (secondary N) is 1. The second-order valence-corrected chi connectivity index (χ2v) is 9.81. The van der Waals surface area contributed by atoms with E-state index in [1.54, 1.807) is 13.0 Å². The first kappa shape index (κ1) is 23.4. The van der Waals surface area contributed by atoms with Gasteiger partial charge in [0.2, 0.25) is 11.8 Å². The van der Waals surface area contributed by atoms with Crippen molar-refractivity contribution >= 4 is 9.84 Å². The van der Waals surface area contributed by atoms with Gasteiger partial charge in [0.1, 0.15) is 12.4 Å². The van der Waals surface area contributed by atoms with E-state index in [1.807, 2.05) is 20.8 Å². The minimum atomic E-state index is -3.54. The van der Waals surface area contributed by atoms with Crippen molar-refractivity contribution in [2.45, 2.75) is 57.8 Å². The van der Waals surface area contributed by atoms with E-state index in [4.69, 9.17) is 14.2 Å². The number of piperidine rings is 1. The molecule has 2 aromatic rings. The molecule has 3 rings (SSSR count). The molecule has 3 heterocycles. The first-order valence-corrected chi connectivity index (χ1v) is 12.1. The normalized spacial score (nSPS) is 15.3. The fourth-order valence-electron chi connectivity index (χ4n) is 3.12. The standard InChI is InChI=1S/C21H30N4O5S/c1-14(2)28-11-12-31(26,27)19-6-5-18(16(4)25-19)30-21-15(3)20(23-13-24-21)29-17-7-9-22-10-8-17/h5-6,13-14,17,22H,7-12H2,1-4H3. The Hall–Kier alpha value is -2.30. The molecule has 0 saturated carbocycles. The second-order valence-electron chi connectivity index (χ2n) is 7.75. The average molecular weight is 451 g/mol. The number of aryl methyl sites for hydroxylation is 1. The summed E-state index contributed by atoms with van der Waals surface area (Å²) in [6.07, 6.45) is 3.31. The molecular weight excluding hydrogens is 420 g/mol. The third-order valence-corrected chi connectivity index (χ3v) is 6.47. The first-order valence-electron chi connectivity index (χ1n) is 10.4. The van der Waals surface area contributed by atoms with Gasteiger partial charge in [-0.15, -0.1) is 0 Å². The van der Waals surface area contributed by atoms with Crippen LogP contribution in [0.4, 0.5) is 0 Å². The van der Waals surface area contributed by atoms with Crippen LogP contribution < -0.4 is 14.8 Å². The molecule has 0 spiro atoms. The summed E-state index contributed by atoms with van der Waals surface area (Å²) in [5, 5.41) is 3.30. The van der Waals surface area contributed by atoms with Crippen LogP contribution in [0.1, 0.15) is 37.9 Å². The van der Waals surface area contributed by atoms with E-state index in [9.17, 15) is 8.42 Å². The number of aromatic nitrogens is 3. The average Bonchev–Trinajstić information content (AvgIpc) is 2.72. The molecular formula is C21H30N4O5S. The number of hydrogen-bond donors (Lipinski definition) is 1. The molecule has 1 N–H and O–H groups in total. The molecule has 170 valence electrons. The van der Waals surface area contributed by atoms with Gasteiger partial charge in [0.15, 0.2) is 20.6 Å². The predicted octanol–water partition coefficient (Wildman–Crippen LogP) is 2.61. The maximum absolute atomic E-state index is 12.5. The lowest BCUT2D eigenvalue weighted by Crippen LogP contribution is -2.34. The molecule has 1 aliphatic heterocycles. The van der Waals surface area contributed by atoms with E-state index in [1.165, 1.54) is 12.4 Å². The molecule has 1 aliphatic rings. The Kier molecular flexibility index (Phi) is 7.79. The minimum Gasteiger partial charge on any atom is -0.474 e. The summed E-state index contributed by atoms with van der Waals surface area (Å²) in [6, 6.07) is 3.03. The van der Waals surface area contributed by atoms with Gasteiger partial charge in [0, 0.05) is 0 Å². The quantitative estimate of drug-likeness (QED) is 0.616. The van der Waals surface area contributed by atoms with E-state index in [0.29, 0.717) is 28.8 Å². The van der Waals surface area contributed by atoms with Crippen LogP contribution in [0.3, 0.4) is 0 Å². The Labute approximate surface area is 183 Å². The SMILES string of the molecule is Cc1nc(S(=O)(=O)CCOC(C)C)ccc1Oc1ncnc(OC2CCNCC2)c1C. The van der Waals surface area contributed by atoms with Gasteiger partial charge in [0.25, 0.3) is 0 Å². The monoisotopic (exact) mass is 450 g/mol. The van der Waals surface area contributed by atoms with Gasteiger partial charge in [-0.3, -0.25) is 0 Å². The molecule has 1 saturated heterocycles. The Bertz CT molecular complexity index is 991. The Morgan fingerprint density at radius 2 is 1.84 bits per heavy atom. The van der Waals surface area contributed by atoms with Gasteiger partial charge in [-0.2, -0.15) is 0 Å². The molecule has 0 unspecified atom stereocenters. The minimum absolute atomic E-state index is 0.000883. The van der Waals surface area contributed by atoms with Crippen molar-refractivity contribution < 1.29 is 22.6 Å². The summed E-state index contributed by atoms with van der Waals surface area (Å²) in [4.78, 5) is 12.7. The second kappa shape index (κ2) is 10.3. The molecule has 0 amide bonds. The van der Waals surface area contributed by atoms with Crippen LogP contribution in [0.25, 0.3) is 0 Å². The molecule has 10 heteroatoms. The van der Waals surface area contributed by atoms with E-state index >= 15 is 0 Å². The van der Waals surface area contributed by atoms with Gasteiger partial charge < -0.3 is 19.5 Å². The van der Waals surface area contributed by atoms with E-state index in [0.717, 1.165) is 25.9 Å². The van der Waals surface area contributed by atoms with E-state index < -0.39 is 9.84 Å². The molecule has 9 nitrogen and oxygen atoms in total. The fourth-order valence-corrected chi connectivity index (χ4v) is 4.20. The van der Waals surface area contributed by atoms with Gasteiger partial charge in [-0.25, -0.2) is 23.4 Å². The summed E-state index contributed by atoms with van der Waals surface area (Å²) < 4.78 is 42.3. The molecule has 0 atom stereocenters. The Balaban J connectivity index is 1.72. The van der Waals surface area contributed by atoms with Crippen LogP contribution in [0, 0.1) is 13.8 Å². The molecule has 2 aromatic heterocycles. The van der Waals surface area contributed by atoms with E-state index in [-0.39, 0.29) is 29.6 Å². The molecule has 1 fully saturated rings. The van der Waals surface area contributed by atoms with Crippen molar-refractivity contribution in [3.63, 3.8) is 0 Å². The van der Waals surface area contributed by atoms with Crippen molar-refractivity contribution in [3.8, 4) is 17.5 Å². The maximum Gasteiger partial charge on any atom is 0.229 e. The van der Waals surface area contributed by atoms with Gasteiger partial charge in [0.05, 0.1) is 29.7 Å². The van der Waals surface area contributed by atoms with Crippen molar-refractivity contribution in [1.82, 2.24) is 20.3 Å². The van der Waals surface area contributed by atoms with Crippen LogP contribution in [-0.4, -0.2) is 61.0 Å². The van der Waals surface area contributed by atoms with E-state index in [2.05, 4.69) is 20.3 Å². The zero-order valence-corrected chi connectivity index (χ0v) is 19.2. The first-order chi connectivity index (χ1) is 14.8. The van der Waals surface area contributed by atoms with Gasteiger partial charge in [-0.1, -0.05) is 0 Å². The fraction of sp³-hybridized carbons (Fsp3) is 0.571. The number of hydrogen-bond acceptors (Lipinski definition) is 9. The van der Waals surface area contributed by atoms with Gasteiger partial charge >= 0.3 is 0 Å². The highest BCUT2D eigenvalue weighted by molar-refractivity contribution is 7.91. The maximum atomic E-state index is 12.5. The summed E-state index contributed by atoms with van der Waals surface area (Å²) in [7, 11) is -3.54. The van der Waals surface area contributed by atoms with Crippen LogP contribution in [0.2, 0.25) is 0 Å². The van der Waals surface area contributed by atoms with Crippen LogP contribution in [0.15, 0.2) is 23.5 Å². The molecule has 0 aliphatic carbocycles. The van der Waals surface area contributed by atoms with Crippen molar-refractivity contribution in [2.24, 2.45) is 0 Å². The third-order valence-electron chi connectivity index (χ3n) is 4.90. The largest absolute Gasteiger partial charge is 0.474 e. The van der Waals surface area contributed by atoms with Crippen molar-refractivity contribution in [2.75, 3.05) is 25.4 Å². The summed E-state index contributed by atoms with van der Waals surface area (Å²) in [5.74, 6) is 1.14. The Morgan fingerprint density at radius 1 is 1.13 bits per heavy atom. The highest BCUT2D eigenvalue weighted by atomic mass is 32.2. The summed E-state index contributed by atoms with van der Waals surface area (Å²) in [5.41, 5.74) is 1.13. The van der Waals surface area contributed by atoms with Gasteiger partial charge in [-0.05, 0) is 65.8 Å². The number of ether oxygens (including phenoxy) is 3. The molecule has 31 heavy (non-hydrogen) atoms. The van der Waals surface area contributed by atoms with Crippen LogP contribution >= 0.6 is 0 Å². The lowest BCUT2D eigenvalue weighted by atomic mass is 10.1. The molecule has 0 bridgehead atoms. The lowest BCUT2D eigenvalue weighted by molar-refractivity contribution is 0.0912. The van der Waals surface area contributed by atoms with Crippen LogP contribution in [0.5, 0.6) is 17.5 Å². The van der Waals surface area contributed by atoms with Crippen LogP contribution in [-0.2, 0) is 14.6 Å². The summed E-state index contributed by atoms with van der Waals surface area (Å²) >= 11 is 0. The zero-order valence-electron chi connectivity index (χ0n) is 18.4. The number of nitrogens with zero attached hydrogens (tertiary/aromatic N) is 3. The van der Waals surface area contributed by atoms with Crippen molar-refractivity contribution in [3.05, 3.63) is 29.7 Å². The number of rotatable bonds is 9. The smallest absolute Gasteiger partial charge is 0.229 e.